The monoisotopic (exact) mass is 225 g/mol. The van der Waals surface area contributed by atoms with Crippen molar-refractivity contribution < 1.29 is 0 Å². The molecule has 0 spiro atoms. The molecule has 1 fully saturated rings. The van der Waals surface area contributed by atoms with Crippen LogP contribution in [-0.4, -0.2) is 12.1 Å². The highest BCUT2D eigenvalue weighted by Gasteiger charge is 2.48. The van der Waals surface area contributed by atoms with E-state index in [1.165, 1.54) is 45.1 Å². The van der Waals surface area contributed by atoms with Gasteiger partial charge in [0.25, 0.3) is 0 Å². The molecular formula is C15H31N. The smallest absolute Gasteiger partial charge is 0.00966 e. The van der Waals surface area contributed by atoms with E-state index in [0.29, 0.717) is 5.41 Å². The van der Waals surface area contributed by atoms with Crippen molar-refractivity contribution in [1.82, 2.24) is 5.32 Å². The Labute approximate surface area is 102 Å². The zero-order valence-corrected chi connectivity index (χ0v) is 12.0. The molecule has 0 heterocycles. The molecular weight excluding hydrogens is 194 g/mol. The van der Waals surface area contributed by atoms with Gasteiger partial charge < -0.3 is 5.32 Å². The largest absolute Gasteiger partial charge is 0.312 e. The quantitative estimate of drug-likeness (QED) is 0.634. The maximum Gasteiger partial charge on any atom is 0.00966 e. The second-order valence-electron chi connectivity index (χ2n) is 7.00. The maximum atomic E-state index is 3.64. The molecule has 0 bridgehead atoms. The normalized spacial score (nSPS) is 29.4. The van der Waals surface area contributed by atoms with Crippen LogP contribution in [0.5, 0.6) is 0 Å². The summed E-state index contributed by atoms with van der Waals surface area (Å²) < 4.78 is 0. The third-order valence-electron chi connectivity index (χ3n) is 4.02. The van der Waals surface area contributed by atoms with Crippen LogP contribution < -0.4 is 5.32 Å². The Kier molecular flexibility index (Phi) is 4.85. The van der Waals surface area contributed by atoms with Gasteiger partial charge in [0, 0.05) is 5.54 Å². The van der Waals surface area contributed by atoms with Crippen LogP contribution in [0.25, 0.3) is 0 Å². The lowest BCUT2D eigenvalue weighted by Crippen LogP contribution is -2.37. The summed E-state index contributed by atoms with van der Waals surface area (Å²) in [6.07, 6.45) is 8.54. The van der Waals surface area contributed by atoms with Gasteiger partial charge in [0.05, 0.1) is 0 Å². The number of rotatable bonds is 7. The number of nitrogens with one attached hydrogen (secondary N) is 1. The van der Waals surface area contributed by atoms with Crippen molar-refractivity contribution >= 4 is 0 Å². The molecule has 16 heavy (non-hydrogen) atoms. The summed E-state index contributed by atoms with van der Waals surface area (Å²) >= 11 is 0. The second-order valence-corrected chi connectivity index (χ2v) is 7.00. The van der Waals surface area contributed by atoms with Crippen LogP contribution in [0.2, 0.25) is 0 Å². The topological polar surface area (TPSA) is 12.0 Å². The lowest BCUT2D eigenvalue weighted by atomic mass is 9.97. The molecule has 1 aliphatic carbocycles. The zero-order valence-electron chi connectivity index (χ0n) is 12.0. The van der Waals surface area contributed by atoms with Gasteiger partial charge in [-0.15, -0.1) is 0 Å². The van der Waals surface area contributed by atoms with Gasteiger partial charge in [-0.2, -0.15) is 0 Å². The summed E-state index contributed by atoms with van der Waals surface area (Å²) in [5.74, 6) is 0.938. The van der Waals surface area contributed by atoms with Gasteiger partial charge in [0.2, 0.25) is 0 Å². The molecule has 0 aromatic carbocycles. The van der Waals surface area contributed by atoms with E-state index in [0.717, 1.165) is 5.92 Å². The van der Waals surface area contributed by atoms with Gasteiger partial charge in [-0.1, -0.05) is 39.5 Å². The van der Waals surface area contributed by atoms with E-state index in [2.05, 4.69) is 39.9 Å². The van der Waals surface area contributed by atoms with E-state index in [1.54, 1.807) is 0 Å². The standard InChI is InChI=1S/C15H31N/c1-6-7-8-9-10-15(5)11-13(15)12-16-14(2,3)4/h13,16H,6-12H2,1-5H3. The van der Waals surface area contributed by atoms with Crippen molar-refractivity contribution in [3.63, 3.8) is 0 Å². The molecule has 2 atom stereocenters. The van der Waals surface area contributed by atoms with Crippen molar-refractivity contribution in [1.29, 1.82) is 0 Å². The molecule has 1 rings (SSSR count). The van der Waals surface area contributed by atoms with E-state index in [1.807, 2.05) is 0 Å². The van der Waals surface area contributed by atoms with Crippen molar-refractivity contribution in [2.75, 3.05) is 6.54 Å². The number of unbranched alkanes of at least 4 members (excludes halogenated alkanes) is 3. The average Bonchev–Trinajstić information content (AvgIpc) is 2.81. The van der Waals surface area contributed by atoms with Gasteiger partial charge >= 0.3 is 0 Å². The summed E-state index contributed by atoms with van der Waals surface area (Å²) in [6, 6.07) is 0. The lowest BCUT2D eigenvalue weighted by molar-refractivity contribution is 0.371. The first-order valence-corrected chi connectivity index (χ1v) is 7.12. The first-order chi connectivity index (χ1) is 7.37. The van der Waals surface area contributed by atoms with Crippen molar-refractivity contribution in [2.45, 2.75) is 78.7 Å². The Morgan fingerprint density at radius 2 is 1.88 bits per heavy atom. The fourth-order valence-corrected chi connectivity index (χ4v) is 2.51. The molecule has 0 aliphatic heterocycles. The predicted molar refractivity (Wildman–Crippen MR) is 72.7 cm³/mol. The third kappa shape index (κ3) is 4.86. The summed E-state index contributed by atoms with van der Waals surface area (Å²) in [6.45, 7) is 12.8. The molecule has 1 nitrogen and oxygen atoms in total. The molecule has 0 amide bonds. The minimum Gasteiger partial charge on any atom is -0.312 e. The van der Waals surface area contributed by atoms with Gasteiger partial charge in [-0.05, 0) is 51.5 Å². The van der Waals surface area contributed by atoms with E-state index >= 15 is 0 Å². The Hall–Kier alpha value is -0.0400. The van der Waals surface area contributed by atoms with E-state index in [9.17, 15) is 0 Å². The minimum absolute atomic E-state index is 0.283. The highest BCUT2D eigenvalue weighted by Crippen LogP contribution is 2.55. The Balaban J connectivity index is 2.10. The Morgan fingerprint density at radius 3 is 2.44 bits per heavy atom. The Bertz CT molecular complexity index is 204. The zero-order chi connectivity index (χ0) is 12.2. The summed E-state index contributed by atoms with van der Waals surface area (Å²) in [5.41, 5.74) is 0.956. The van der Waals surface area contributed by atoms with Gasteiger partial charge in [-0.3, -0.25) is 0 Å². The molecule has 1 heteroatoms. The van der Waals surface area contributed by atoms with Gasteiger partial charge in [-0.25, -0.2) is 0 Å². The van der Waals surface area contributed by atoms with Crippen LogP contribution in [0, 0.1) is 11.3 Å². The van der Waals surface area contributed by atoms with Crippen molar-refractivity contribution in [2.24, 2.45) is 11.3 Å². The fourth-order valence-electron chi connectivity index (χ4n) is 2.51. The van der Waals surface area contributed by atoms with Crippen LogP contribution in [0.3, 0.4) is 0 Å². The number of hydrogen-bond donors (Lipinski definition) is 1. The summed E-state index contributed by atoms with van der Waals surface area (Å²) in [4.78, 5) is 0. The molecule has 96 valence electrons. The lowest BCUT2D eigenvalue weighted by Gasteiger charge is -2.21. The Morgan fingerprint density at radius 1 is 1.19 bits per heavy atom. The molecule has 0 aromatic rings. The summed E-state index contributed by atoms with van der Waals surface area (Å²) in [7, 11) is 0. The van der Waals surface area contributed by atoms with Crippen LogP contribution in [0.4, 0.5) is 0 Å². The molecule has 1 N–H and O–H groups in total. The van der Waals surface area contributed by atoms with Crippen molar-refractivity contribution in [3.05, 3.63) is 0 Å². The number of hydrogen-bond acceptors (Lipinski definition) is 1. The molecule has 2 unspecified atom stereocenters. The molecule has 1 aliphatic rings. The molecule has 0 saturated heterocycles. The van der Waals surface area contributed by atoms with E-state index in [-0.39, 0.29) is 5.54 Å². The van der Waals surface area contributed by atoms with Crippen LogP contribution in [-0.2, 0) is 0 Å². The van der Waals surface area contributed by atoms with Gasteiger partial charge in [0.1, 0.15) is 0 Å². The van der Waals surface area contributed by atoms with Crippen molar-refractivity contribution in [3.8, 4) is 0 Å². The van der Waals surface area contributed by atoms with Gasteiger partial charge in [0.15, 0.2) is 0 Å². The maximum absolute atomic E-state index is 3.64. The highest BCUT2D eigenvalue weighted by molar-refractivity contribution is 5.00. The van der Waals surface area contributed by atoms with E-state index in [4.69, 9.17) is 0 Å². The SMILES string of the molecule is CCCCCCC1(C)CC1CNC(C)(C)C. The second kappa shape index (κ2) is 5.53. The molecule has 0 aromatic heterocycles. The predicted octanol–water partition coefficient (Wildman–Crippen LogP) is 4.37. The molecule has 1 saturated carbocycles. The van der Waals surface area contributed by atoms with Crippen LogP contribution >= 0.6 is 0 Å². The van der Waals surface area contributed by atoms with Crippen LogP contribution in [0.15, 0.2) is 0 Å². The summed E-state index contributed by atoms with van der Waals surface area (Å²) in [5, 5.41) is 3.64. The van der Waals surface area contributed by atoms with Crippen LogP contribution in [0.1, 0.15) is 73.1 Å². The fraction of sp³-hybridized carbons (Fsp3) is 1.00. The highest BCUT2D eigenvalue weighted by atomic mass is 15.0. The van der Waals surface area contributed by atoms with E-state index < -0.39 is 0 Å². The average molecular weight is 225 g/mol. The third-order valence-corrected chi connectivity index (χ3v) is 4.02. The minimum atomic E-state index is 0.283. The molecule has 0 radical (unpaired) electrons. The first kappa shape index (κ1) is 14.0. The first-order valence-electron chi connectivity index (χ1n) is 7.12.